The smallest absolute Gasteiger partial charge is 0.269 e. The maximum atomic E-state index is 11.8. The zero-order chi connectivity index (χ0) is 13.8. The maximum Gasteiger partial charge on any atom is 0.269 e. The Hall–Kier alpha value is -2.18. The van der Waals surface area contributed by atoms with E-state index in [0.717, 1.165) is 0 Å². The molecule has 2 aromatic heterocycles. The lowest BCUT2D eigenvalue weighted by atomic mass is 10.2. The van der Waals surface area contributed by atoms with Crippen LogP contribution in [0.1, 0.15) is 42.0 Å². The quantitative estimate of drug-likeness (QED) is 0.866. The third kappa shape index (κ3) is 3.18. The summed E-state index contributed by atoms with van der Waals surface area (Å²) in [6.07, 6.45) is 3.66. The van der Waals surface area contributed by atoms with Crippen LogP contribution in [0.15, 0.2) is 17.0 Å². The number of amides is 1. The predicted molar refractivity (Wildman–Crippen MR) is 67.6 cm³/mol. The Balaban J connectivity index is 1.83. The molecule has 2 rings (SSSR count). The summed E-state index contributed by atoms with van der Waals surface area (Å²) in [7, 11) is 1.77. The Morgan fingerprint density at radius 2 is 2.32 bits per heavy atom. The Kier molecular flexibility index (Phi) is 3.94. The van der Waals surface area contributed by atoms with E-state index in [1.807, 2.05) is 13.8 Å². The van der Waals surface area contributed by atoms with Gasteiger partial charge in [-0.15, -0.1) is 0 Å². The second-order valence-corrected chi connectivity index (χ2v) is 4.60. The van der Waals surface area contributed by atoms with Gasteiger partial charge in [0.1, 0.15) is 5.69 Å². The molecule has 0 saturated heterocycles. The Morgan fingerprint density at radius 1 is 1.53 bits per heavy atom. The molecule has 0 radical (unpaired) electrons. The van der Waals surface area contributed by atoms with Crippen LogP contribution in [0, 0.1) is 0 Å². The molecule has 0 aliphatic heterocycles. The first kappa shape index (κ1) is 13.3. The molecule has 7 nitrogen and oxygen atoms in total. The molecule has 0 fully saturated rings. The van der Waals surface area contributed by atoms with E-state index in [1.54, 1.807) is 17.9 Å². The summed E-state index contributed by atoms with van der Waals surface area (Å²) >= 11 is 0. The van der Waals surface area contributed by atoms with E-state index in [0.29, 0.717) is 30.4 Å². The van der Waals surface area contributed by atoms with Crippen LogP contribution in [-0.4, -0.2) is 32.1 Å². The minimum atomic E-state index is -0.160. The Labute approximate surface area is 111 Å². The monoisotopic (exact) mass is 263 g/mol. The molecule has 19 heavy (non-hydrogen) atoms. The summed E-state index contributed by atoms with van der Waals surface area (Å²) in [5.74, 6) is 1.28. The largest absolute Gasteiger partial charge is 0.350 e. The number of hydrogen-bond donors (Lipinski definition) is 1. The van der Waals surface area contributed by atoms with Crippen molar-refractivity contribution in [1.29, 1.82) is 0 Å². The second kappa shape index (κ2) is 5.64. The van der Waals surface area contributed by atoms with E-state index >= 15 is 0 Å². The van der Waals surface area contributed by atoms with Crippen molar-refractivity contribution in [1.82, 2.24) is 25.0 Å². The average molecular weight is 263 g/mol. The minimum absolute atomic E-state index is 0.160. The van der Waals surface area contributed by atoms with Crippen LogP contribution in [0.25, 0.3) is 0 Å². The first-order valence-corrected chi connectivity index (χ1v) is 6.15. The van der Waals surface area contributed by atoms with Gasteiger partial charge in [0.25, 0.3) is 5.91 Å². The number of rotatable bonds is 5. The highest BCUT2D eigenvalue weighted by molar-refractivity contribution is 5.92. The normalized spacial score (nSPS) is 10.9. The van der Waals surface area contributed by atoms with E-state index < -0.39 is 0 Å². The molecule has 1 amide bonds. The number of aromatic nitrogens is 4. The highest BCUT2D eigenvalue weighted by Gasteiger charge is 2.11. The molecular formula is C12H17N5O2. The van der Waals surface area contributed by atoms with Crippen molar-refractivity contribution in [2.45, 2.75) is 26.2 Å². The molecule has 0 unspecified atom stereocenters. The van der Waals surface area contributed by atoms with Gasteiger partial charge in [-0.05, 0) is 0 Å². The second-order valence-electron chi connectivity index (χ2n) is 4.60. The van der Waals surface area contributed by atoms with Crippen molar-refractivity contribution < 1.29 is 9.32 Å². The fourth-order valence-corrected chi connectivity index (χ4v) is 1.56. The number of nitrogens with one attached hydrogen (secondary N) is 1. The van der Waals surface area contributed by atoms with Gasteiger partial charge >= 0.3 is 0 Å². The lowest BCUT2D eigenvalue weighted by Gasteiger charge is -2.03. The van der Waals surface area contributed by atoms with Gasteiger partial charge < -0.3 is 14.4 Å². The number of hydrogen-bond acceptors (Lipinski definition) is 5. The third-order valence-corrected chi connectivity index (χ3v) is 2.66. The van der Waals surface area contributed by atoms with Crippen molar-refractivity contribution in [3.05, 3.63) is 29.9 Å². The number of carbonyl (C=O) groups is 1. The van der Waals surface area contributed by atoms with E-state index in [9.17, 15) is 4.79 Å². The summed E-state index contributed by atoms with van der Waals surface area (Å²) in [5.41, 5.74) is 0.524. The molecule has 0 aliphatic rings. The van der Waals surface area contributed by atoms with Gasteiger partial charge in [0.05, 0.1) is 12.5 Å². The molecule has 2 heterocycles. The molecule has 0 bridgehead atoms. The van der Waals surface area contributed by atoms with Crippen molar-refractivity contribution in [2.24, 2.45) is 7.05 Å². The summed E-state index contributed by atoms with van der Waals surface area (Å²) in [6.45, 7) is 4.43. The fraction of sp³-hybridized carbons (Fsp3) is 0.500. The van der Waals surface area contributed by atoms with Gasteiger partial charge in [-0.25, -0.2) is 4.98 Å². The molecule has 1 N–H and O–H groups in total. The molecule has 0 atom stereocenters. The lowest BCUT2D eigenvalue weighted by molar-refractivity contribution is 0.0945. The molecule has 2 aromatic rings. The van der Waals surface area contributed by atoms with E-state index in [1.165, 1.54) is 6.20 Å². The van der Waals surface area contributed by atoms with E-state index in [4.69, 9.17) is 4.52 Å². The van der Waals surface area contributed by atoms with Crippen LogP contribution in [0.3, 0.4) is 0 Å². The number of nitrogens with zero attached hydrogens (tertiary/aromatic N) is 4. The van der Waals surface area contributed by atoms with Crippen molar-refractivity contribution in [3.63, 3.8) is 0 Å². The molecule has 0 spiro atoms. The molecule has 0 saturated carbocycles. The van der Waals surface area contributed by atoms with Crippen LogP contribution < -0.4 is 5.32 Å². The zero-order valence-electron chi connectivity index (χ0n) is 11.3. The Bertz CT molecular complexity index is 558. The molecule has 0 aromatic carbocycles. The minimum Gasteiger partial charge on any atom is -0.350 e. The van der Waals surface area contributed by atoms with Gasteiger partial charge in [0, 0.05) is 25.9 Å². The van der Waals surface area contributed by atoms with E-state index in [2.05, 4.69) is 20.4 Å². The van der Waals surface area contributed by atoms with Crippen molar-refractivity contribution in [3.8, 4) is 0 Å². The highest BCUT2D eigenvalue weighted by atomic mass is 16.5. The van der Waals surface area contributed by atoms with Crippen LogP contribution in [0.4, 0.5) is 0 Å². The molecule has 102 valence electrons. The van der Waals surface area contributed by atoms with Crippen LogP contribution in [0.2, 0.25) is 0 Å². The van der Waals surface area contributed by atoms with Crippen LogP contribution >= 0.6 is 0 Å². The number of aryl methyl sites for hydroxylation is 1. The highest BCUT2D eigenvalue weighted by Crippen LogP contribution is 2.10. The third-order valence-electron chi connectivity index (χ3n) is 2.66. The SMILES string of the molecule is CC(C)c1nc(CCNC(=O)c2cncn2C)no1. The first-order valence-electron chi connectivity index (χ1n) is 6.15. The summed E-state index contributed by atoms with van der Waals surface area (Å²) in [5, 5.41) is 6.65. The fourth-order valence-electron chi connectivity index (χ4n) is 1.56. The van der Waals surface area contributed by atoms with Gasteiger partial charge in [-0.3, -0.25) is 4.79 Å². The molecular weight excluding hydrogens is 246 g/mol. The van der Waals surface area contributed by atoms with Crippen LogP contribution in [0.5, 0.6) is 0 Å². The zero-order valence-corrected chi connectivity index (χ0v) is 11.3. The standard InChI is InChI=1S/C12H17N5O2/c1-8(2)12-15-10(16-19-12)4-5-14-11(18)9-6-13-7-17(9)3/h6-8H,4-5H2,1-3H3,(H,14,18). The van der Waals surface area contributed by atoms with Gasteiger partial charge in [0.2, 0.25) is 5.89 Å². The molecule has 7 heteroatoms. The topological polar surface area (TPSA) is 85.8 Å². The average Bonchev–Trinajstić information content (AvgIpc) is 2.97. The van der Waals surface area contributed by atoms with Gasteiger partial charge in [-0.1, -0.05) is 19.0 Å². The van der Waals surface area contributed by atoms with E-state index in [-0.39, 0.29) is 11.8 Å². The number of imidazole rings is 1. The summed E-state index contributed by atoms with van der Waals surface area (Å²) in [6, 6.07) is 0. The van der Waals surface area contributed by atoms with Gasteiger partial charge in [-0.2, -0.15) is 4.98 Å². The number of carbonyl (C=O) groups excluding carboxylic acids is 1. The first-order chi connectivity index (χ1) is 9.08. The van der Waals surface area contributed by atoms with Crippen molar-refractivity contribution >= 4 is 5.91 Å². The van der Waals surface area contributed by atoms with Gasteiger partial charge in [0.15, 0.2) is 5.82 Å². The lowest BCUT2D eigenvalue weighted by Crippen LogP contribution is -2.27. The molecule has 0 aliphatic carbocycles. The predicted octanol–water partition coefficient (Wildman–Crippen LogP) is 0.899. The Morgan fingerprint density at radius 3 is 2.89 bits per heavy atom. The summed E-state index contributed by atoms with van der Waals surface area (Å²) in [4.78, 5) is 19.9. The van der Waals surface area contributed by atoms with Crippen molar-refractivity contribution in [2.75, 3.05) is 6.54 Å². The van der Waals surface area contributed by atoms with Crippen LogP contribution in [-0.2, 0) is 13.5 Å². The summed E-state index contributed by atoms with van der Waals surface area (Å²) < 4.78 is 6.75. The maximum absolute atomic E-state index is 11.8.